The molecule has 7 heteroatoms. The molecule has 2 aromatic carbocycles. The summed E-state index contributed by atoms with van der Waals surface area (Å²) in [6.07, 6.45) is 1.27. The van der Waals surface area contributed by atoms with E-state index in [0.29, 0.717) is 54.7 Å². The molecule has 0 aliphatic carbocycles. The molecule has 29 heavy (non-hydrogen) atoms. The second-order valence-corrected chi connectivity index (χ2v) is 7.20. The number of halogens is 1. The van der Waals surface area contributed by atoms with E-state index in [-0.39, 0.29) is 24.3 Å². The van der Waals surface area contributed by atoms with E-state index in [4.69, 9.17) is 21.1 Å². The van der Waals surface area contributed by atoms with Crippen LogP contribution in [0.5, 0.6) is 11.5 Å². The summed E-state index contributed by atoms with van der Waals surface area (Å²) < 4.78 is 11.0. The van der Waals surface area contributed by atoms with Crippen LogP contribution in [0, 0.1) is 5.92 Å². The summed E-state index contributed by atoms with van der Waals surface area (Å²) in [5.74, 6) is 0.852. The summed E-state index contributed by atoms with van der Waals surface area (Å²) in [5.41, 5.74) is 0.710. The largest absolute Gasteiger partial charge is 0.466 e. The number of nitrogens with one attached hydrogen (secondary N) is 1. The van der Waals surface area contributed by atoms with E-state index in [9.17, 15) is 9.59 Å². The summed E-state index contributed by atoms with van der Waals surface area (Å²) in [6, 6.07) is 14.6. The number of likely N-dealkylation sites (tertiary alicyclic amines) is 1. The predicted molar refractivity (Wildman–Crippen MR) is 112 cm³/mol. The number of rotatable bonds is 7. The molecular weight excluding hydrogens is 392 g/mol. The van der Waals surface area contributed by atoms with Gasteiger partial charge in [-0.2, -0.15) is 0 Å². The van der Waals surface area contributed by atoms with Crippen LogP contribution in [0.25, 0.3) is 0 Å². The van der Waals surface area contributed by atoms with Gasteiger partial charge in [-0.25, -0.2) is 0 Å². The van der Waals surface area contributed by atoms with Crippen LogP contribution in [0.1, 0.15) is 19.8 Å². The van der Waals surface area contributed by atoms with E-state index in [0.717, 1.165) is 0 Å². The number of esters is 1. The zero-order valence-corrected chi connectivity index (χ0v) is 17.2. The number of para-hydroxylation sites is 3. The second-order valence-electron chi connectivity index (χ2n) is 6.79. The number of anilines is 1. The molecule has 1 saturated heterocycles. The number of carbonyl (C=O) groups excluding carboxylic acids is 2. The van der Waals surface area contributed by atoms with Crippen LogP contribution in [0.3, 0.4) is 0 Å². The maximum Gasteiger partial charge on any atom is 0.309 e. The molecule has 154 valence electrons. The zero-order chi connectivity index (χ0) is 20.6. The standard InChI is InChI=1S/C22H25ClN2O4/c1-2-28-22(27)16-11-13-25(14-12-16)21(26)15-24-18-8-4-6-10-20(18)29-19-9-5-3-7-17(19)23/h3-10,16,24H,2,11-15H2,1H3. The molecule has 0 spiro atoms. The number of hydrogen-bond donors (Lipinski definition) is 1. The van der Waals surface area contributed by atoms with Gasteiger partial charge in [-0.05, 0) is 44.0 Å². The molecule has 0 atom stereocenters. The van der Waals surface area contributed by atoms with Crippen LogP contribution < -0.4 is 10.1 Å². The van der Waals surface area contributed by atoms with Crippen LogP contribution in [-0.2, 0) is 14.3 Å². The van der Waals surface area contributed by atoms with E-state index in [1.807, 2.05) is 36.4 Å². The van der Waals surface area contributed by atoms with E-state index in [2.05, 4.69) is 5.32 Å². The van der Waals surface area contributed by atoms with Crippen LogP contribution in [0.4, 0.5) is 5.69 Å². The fourth-order valence-electron chi connectivity index (χ4n) is 3.25. The lowest BCUT2D eigenvalue weighted by Crippen LogP contribution is -2.43. The Morgan fingerprint density at radius 2 is 1.72 bits per heavy atom. The zero-order valence-electron chi connectivity index (χ0n) is 16.4. The third-order valence-corrected chi connectivity index (χ3v) is 5.15. The minimum absolute atomic E-state index is 0.0140. The first-order valence-corrected chi connectivity index (χ1v) is 10.2. The van der Waals surface area contributed by atoms with Gasteiger partial charge in [0.25, 0.3) is 0 Å². The predicted octanol–water partition coefficient (Wildman–Crippen LogP) is 4.35. The van der Waals surface area contributed by atoms with Gasteiger partial charge in [-0.15, -0.1) is 0 Å². The lowest BCUT2D eigenvalue weighted by atomic mass is 9.97. The van der Waals surface area contributed by atoms with Gasteiger partial charge in [-0.3, -0.25) is 9.59 Å². The van der Waals surface area contributed by atoms with Crippen molar-refractivity contribution in [3.05, 3.63) is 53.6 Å². The summed E-state index contributed by atoms with van der Waals surface area (Å²) in [4.78, 5) is 26.2. The summed E-state index contributed by atoms with van der Waals surface area (Å²) in [5, 5.41) is 3.67. The van der Waals surface area contributed by atoms with Gasteiger partial charge in [0, 0.05) is 13.1 Å². The summed E-state index contributed by atoms with van der Waals surface area (Å²) >= 11 is 6.17. The fraction of sp³-hybridized carbons (Fsp3) is 0.364. The van der Waals surface area contributed by atoms with Crippen molar-refractivity contribution in [1.82, 2.24) is 4.90 Å². The molecule has 1 aliphatic heterocycles. The molecule has 1 amide bonds. The molecule has 1 heterocycles. The highest BCUT2D eigenvalue weighted by molar-refractivity contribution is 6.32. The van der Waals surface area contributed by atoms with Crippen LogP contribution >= 0.6 is 11.6 Å². The minimum Gasteiger partial charge on any atom is -0.466 e. The summed E-state index contributed by atoms with van der Waals surface area (Å²) in [7, 11) is 0. The second kappa shape index (κ2) is 10.2. The van der Waals surface area contributed by atoms with Crippen molar-refractivity contribution < 1.29 is 19.1 Å². The molecular formula is C22H25ClN2O4. The van der Waals surface area contributed by atoms with E-state index in [1.165, 1.54) is 0 Å². The highest BCUT2D eigenvalue weighted by atomic mass is 35.5. The Kier molecular flexibility index (Phi) is 7.36. The Hall–Kier alpha value is -2.73. The van der Waals surface area contributed by atoms with Gasteiger partial charge in [0.2, 0.25) is 5.91 Å². The topological polar surface area (TPSA) is 67.9 Å². The Balaban J connectivity index is 1.55. The lowest BCUT2D eigenvalue weighted by Gasteiger charge is -2.31. The first kappa shape index (κ1) is 21.0. The average Bonchev–Trinajstić information content (AvgIpc) is 2.75. The Morgan fingerprint density at radius 1 is 1.07 bits per heavy atom. The first-order chi connectivity index (χ1) is 14.1. The van der Waals surface area contributed by atoms with Crippen molar-refractivity contribution in [2.75, 3.05) is 31.6 Å². The number of benzene rings is 2. The number of ether oxygens (including phenoxy) is 2. The van der Waals surface area contributed by atoms with E-state index < -0.39 is 0 Å². The molecule has 0 bridgehead atoms. The quantitative estimate of drug-likeness (QED) is 0.680. The Bertz CT molecular complexity index is 850. The maximum absolute atomic E-state index is 12.6. The molecule has 2 aromatic rings. The lowest BCUT2D eigenvalue weighted by molar-refractivity contribution is -0.151. The minimum atomic E-state index is -0.164. The van der Waals surface area contributed by atoms with E-state index >= 15 is 0 Å². The third kappa shape index (κ3) is 5.64. The molecule has 0 saturated carbocycles. The van der Waals surface area contributed by atoms with Crippen LogP contribution in [-0.4, -0.2) is 43.0 Å². The smallest absolute Gasteiger partial charge is 0.309 e. The van der Waals surface area contributed by atoms with Gasteiger partial charge in [0.1, 0.15) is 5.75 Å². The average molecular weight is 417 g/mol. The van der Waals surface area contributed by atoms with Crippen molar-refractivity contribution in [3.63, 3.8) is 0 Å². The normalized spacial score (nSPS) is 14.3. The van der Waals surface area contributed by atoms with Crippen molar-refractivity contribution >= 4 is 29.2 Å². The molecule has 1 aliphatic rings. The molecule has 1 fully saturated rings. The maximum atomic E-state index is 12.6. The van der Waals surface area contributed by atoms with Crippen molar-refractivity contribution in [2.24, 2.45) is 5.92 Å². The van der Waals surface area contributed by atoms with Crippen molar-refractivity contribution in [2.45, 2.75) is 19.8 Å². The van der Waals surface area contributed by atoms with E-state index in [1.54, 1.807) is 24.0 Å². The molecule has 0 radical (unpaired) electrons. The monoisotopic (exact) mass is 416 g/mol. The number of piperidine rings is 1. The molecule has 0 unspecified atom stereocenters. The number of carbonyl (C=O) groups is 2. The van der Waals surface area contributed by atoms with Crippen molar-refractivity contribution in [1.29, 1.82) is 0 Å². The van der Waals surface area contributed by atoms with Gasteiger partial charge in [-0.1, -0.05) is 35.9 Å². The van der Waals surface area contributed by atoms with Crippen molar-refractivity contribution in [3.8, 4) is 11.5 Å². The number of hydrogen-bond acceptors (Lipinski definition) is 5. The van der Waals surface area contributed by atoms with Gasteiger partial charge in [0.05, 0.1) is 29.8 Å². The first-order valence-electron chi connectivity index (χ1n) is 9.78. The van der Waals surface area contributed by atoms with Gasteiger partial charge >= 0.3 is 5.97 Å². The van der Waals surface area contributed by atoms with Gasteiger partial charge < -0.3 is 19.7 Å². The molecule has 3 rings (SSSR count). The third-order valence-electron chi connectivity index (χ3n) is 4.84. The number of amides is 1. The Labute approximate surface area is 175 Å². The highest BCUT2D eigenvalue weighted by Crippen LogP contribution is 2.33. The molecule has 0 aromatic heterocycles. The molecule has 1 N–H and O–H groups in total. The highest BCUT2D eigenvalue weighted by Gasteiger charge is 2.28. The number of nitrogens with zero attached hydrogens (tertiary/aromatic N) is 1. The van der Waals surface area contributed by atoms with Gasteiger partial charge in [0.15, 0.2) is 5.75 Å². The molecule has 6 nitrogen and oxygen atoms in total. The van der Waals surface area contributed by atoms with Crippen LogP contribution in [0.15, 0.2) is 48.5 Å². The SMILES string of the molecule is CCOC(=O)C1CCN(C(=O)CNc2ccccc2Oc2ccccc2Cl)CC1. The summed E-state index contributed by atoms with van der Waals surface area (Å²) in [6.45, 7) is 3.45. The Morgan fingerprint density at radius 3 is 2.41 bits per heavy atom. The van der Waals surface area contributed by atoms with Crippen LogP contribution in [0.2, 0.25) is 5.02 Å². The fourth-order valence-corrected chi connectivity index (χ4v) is 3.43.